The number of nitrogens with one attached hydrogen (secondary N) is 1. The molecule has 0 amide bonds. The number of para-hydroxylation sites is 1. The van der Waals surface area contributed by atoms with Crippen molar-refractivity contribution in [1.29, 1.82) is 0 Å². The second-order valence-electron chi connectivity index (χ2n) is 5.85. The van der Waals surface area contributed by atoms with Gasteiger partial charge in [-0.25, -0.2) is 0 Å². The minimum absolute atomic E-state index is 0.209. The van der Waals surface area contributed by atoms with E-state index in [0.29, 0.717) is 18.0 Å². The molecule has 1 rings (SSSR count). The van der Waals surface area contributed by atoms with Crippen molar-refractivity contribution in [2.24, 2.45) is 5.92 Å². The number of rotatable bonds is 7. The summed E-state index contributed by atoms with van der Waals surface area (Å²) >= 11 is 0. The summed E-state index contributed by atoms with van der Waals surface area (Å²) in [6, 6.07) is 9.18. The summed E-state index contributed by atoms with van der Waals surface area (Å²) in [5, 5.41) is 3.72. The van der Waals surface area contributed by atoms with Crippen LogP contribution in [0.25, 0.3) is 0 Å². The maximum Gasteiger partial charge on any atom is 0.124 e. The van der Waals surface area contributed by atoms with E-state index >= 15 is 0 Å². The van der Waals surface area contributed by atoms with E-state index < -0.39 is 0 Å². The van der Waals surface area contributed by atoms with Crippen molar-refractivity contribution in [3.05, 3.63) is 29.8 Å². The molecule has 0 aliphatic heterocycles. The molecule has 19 heavy (non-hydrogen) atoms. The van der Waals surface area contributed by atoms with Crippen molar-refractivity contribution >= 4 is 0 Å². The van der Waals surface area contributed by atoms with Crippen LogP contribution in [0.3, 0.4) is 0 Å². The minimum atomic E-state index is 0.209. The molecule has 1 N–H and O–H groups in total. The lowest BCUT2D eigenvalue weighted by Gasteiger charge is -2.27. The van der Waals surface area contributed by atoms with Crippen molar-refractivity contribution in [2.45, 2.75) is 66.2 Å². The third-order valence-electron chi connectivity index (χ3n) is 3.46. The molecule has 0 heterocycles. The molecule has 0 radical (unpaired) electrons. The van der Waals surface area contributed by atoms with Gasteiger partial charge in [0.05, 0.1) is 6.10 Å². The fraction of sp³-hybridized carbons (Fsp3) is 0.647. The number of hydrogen-bond acceptors (Lipinski definition) is 2. The predicted molar refractivity (Wildman–Crippen MR) is 82.7 cm³/mol. The molecule has 1 aromatic carbocycles. The molecule has 0 aromatic heterocycles. The van der Waals surface area contributed by atoms with Crippen LogP contribution in [-0.2, 0) is 0 Å². The van der Waals surface area contributed by atoms with Gasteiger partial charge in [-0.3, -0.25) is 0 Å². The molecule has 0 saturated carbocycles. The summed E-state index contributed by atoms with van der Waals surface area (Å²) < 4.78 is 5.90. The molecule has 0 spiro atoms. The maximum atomic E-state index is 5.90. The highest BCUT2D eigenvalue weighted by atomic mass is 16.5. The number of ether oxygens (including phenoxy) is 1. The molecule has 0 saturated heterocycles. The van der Waals surface area contributed by atoms with Crippen molar-refractivity contribution in [3.63, 3.8) is 0 Å². The molecule has 108 valence electrons. The second-order valence-corrected chi connectivity index (χ2v) is 5.85. The number of hydrogen-bond donors (Lipinski definition) is 1. The topological polar surface area (TPSA) is 21.3 Å². The standard InChI is InChI=1S/C17H29NO/c1-7-16(12(2)3)18-14(6)15-10-8-9-11-17(15)19-13(4)5/h8-14,16,18H,7H2,1-6H3. The predicted octanol–water partition coefficient (Wildman–Crippen LogP) is 4.56. The van der Waals surface area contributed by atoms with Crippen molar-refractivity contribution in [1.82, 2.24) is 5.32 Å². The third-order valence-corrected chi connectivity index (χ3v) is 3.46. The Labute approximate surface area is 118 Å². The fourth-order valence-corrected chi connectivity index (χ4v) is 2.39. The van der Waals surface area contributed by atoms with Crippen molar-refractivity contribution in [3.8, 4) is 5.75 Å². The smallest absolute Gasteiger partial charge is 0.124 e. The lowest BCUT2D eigenvalue weighted by Crippen LogP contribution is -2.35. The SMILES string of the molecule is CCC(NC(C)c1ccccc1OC(C)C)C(C)C. The quantitative estimate of drug-likeness (QED) is 0.778. The summed E-state index contributed by atoms with van der Waals surface area (Å²) in [6.07, 6.45) is 1.36. The number of benzene rings is 1. The first-order chi connectivity index (χ1) is 8.95. The Kier molecular flexibility index (Phi) is 6.36. The van der Waals surface area contributed by atoms with Gasteiger partial charge in [0.25, 0.3) is 0 Å². The van der Waals surface area contributed by atoms with Crippen LogP contribution in [0.1, 0.15) is 59.6 Å². The molecule has 1 aromatic rings. The molecule has 0 fully saturated rings. The monoisotopic (exact) mass is 263 g/mol. The Hall–Kier alpha value is -1.02. The molecule has 0 aliphatic carbocycles. The maximum absolute atomic E-state index is 5.90. The Bertz CT molecular complexity index is 373. The van der Waals surface area contributed by atoms with Gasteiger partial charge in [-0.2, -0.15) is 0 Å². The van der Waals surface area contributed by atoms with E-state index in [1.54, 1.807) is 0 Å². The van der Waals surface area contributed by atoms with Crippen LogP contribution in [0.4, 0.5) is 0 Å². The largest absolute Gasteiger partial charge is 0.491 e. The zero-order valence-corrected chi connectivity index (χ0v) is 13.2. The van der Waals surface area contributed by atoms with Gasteiger partial charge >= 0.3 is 0 Å². The van der Waals surface area contributed by atoms with Crippen LogP contribution in [0, 0.1) is 5.92 Å². The average molecular weight is 263 g/mol. The van der Waals surface area contributed by atoms with E-state index in [2.05, 4.69) is 65.1 Å². The fourth-order valence-electron chi connectivity index (χ4n) is 2.39. The van der Waals surface area contributed by atoms with Gasteiger partial charge in [-0.05, 0) is 39.2 Å². The van der Waals surface area contributed by atoms with Gasteiger partial charge < -0.3 is 10.1 Å². The first-order valence-corrected chi connectivity index (χ1v) is 7.47. The van der Waals surface area contributed by atoms with E-state index in [4.69, 9.17) is 4.74 Å². The summed E-state index contributed by atoms with van der Waals surface area (Å²) in [7, 11) is 0. The average Bonchev–Trinajstić information content (AvgIpc) is 2.35. The molecule has 0 bridgehead atoms. The first kappa shape index (κ1) is 16.0. The van der Waals surface area contributed by atoms with Gasteiger partial charge in [0.15, 0.2) is 0 Å². The third kappa shape index (κ3) is 4.87. The Morgan fingerprint density at radius 2 is 1.68 bits per heavy atom. The Morgan fingerprint density at radius 3 is 2.21 bits per heavy atom. The highest BCUT2D eigenvalue weighted by Crippen LogP contribution is 2.26. The van der Waals surface area contributed by atoms with E-state index in [1.807, 2.05) is 6.07 Å². The molecule has 2 atom stereocenters. The minimum Gasteiger partial charge on any atom is -0.491 e. The lowest BCUT2D eigenvalue weighted by atomic mass is 9.99. The zero-order chi connectivity index (χ0) is 14.4. The highest BCUT2D eigenvalue weighted by molar-refractivity contribution is 5.35. The van der Waals surface area contributed by atoms with Crippen molar-refractivity contribution in [2.75, 3.05) is 0 Å². The highest BCUT2D eigenvalue weighted by Gasteiger charge is 2.17. The molecule has 2 unspecified atom stereocenters. The van der Waals surface area contributed by atoms with Crippen LogP contribution >= 0.6 is 0 Å². The molecule has 0 aliphatic rings. The van der Waals surface area contributed by atoms with Gasteiger partial charge in [0, 0.05) is 17.6 Å². The molecular formula is C17H29NO. The summed E-state index contributed by atoms with van der Waals surface area (Å²) in [4.78, 5) is 0. The van der Waals surface area contributed by atoms with Crippen molar-refractivity contribution < 1.29 is 4.74 Å². The van der Waals surface area contributed by atoms with Crippen LogP contribution in [0.5, 0.6) is 5.75 Å². The van der Waals surface area contributed by atoms with Gasteiger partial charge in [0.1, 0.15) is 5.75 Å². The van der Waals surface area contributed by atoms with Crippen LogP contribution in [0.2, 0.25) is 0 Å². The zero-order valence-electron chi connectivity index (χ0n) is 13.2. The van der Waals surface area contributed by atoms with Gasteiger partial charge in [-0.15, -0.1) is 0 Å². The van der Waals surface area contributed by atoms with E-state index in [-0.39, 0.29) is 6.10 Å². The Morgan fingerprint density at radius 1 is 1.05 bits per heavy atom. The summed E-state index contributed by atoms with van der Waals surface area (Å²) in [6.45, 7) is 13.1. The normalized spacial score (nSPS) is 14.7. The second kappa shape index (κ2) is 7.54. The van der Waals surface area contributed by atoms with Crippen LogP contribution in [0.15, 0.2) is 24.3 Å². The van der Waals surface area contributed by atoms with E-state index in [9.17, 15) is 0 Å². The van der Waals surface area contributed by atoms with Gasteiger partial charge in [0.2, 0.25) is 0 Å². The van der Waals surface area contributed by atoms with Gasteiger partial charge in [-0.1, -0.05) is 39.0 Å². The molecule has 2 nitrogen and oxygen atoms in total. The van der Waals surface area contributed by atoms with Crippen LogP contribution in [-0.4, -0.2) is 12.1 Å². The summed E-state index contributed by atoms with van der Waals surface area (Å²) in [5.41, 5.74) is 1.25. The molecule has 2 heteroatoms. The first-order valence-electron chi connectivity index (χ1n) is 7.47. The Balaban J connectivity index is 2.83. The summed E-state index contributed by atoms with van der Waals surface area (Å²) in [5.74, 6) is 1.64. The van der Waals surface area contributed by atoms with E-state index in [1.165, 1.54) is 5.56 Å². The van der Waals surface area contributed by atoms with Crippen LogP contribution < -0.4 is 10.1 Å². The van der Waals surface area contributed by atoms with E-state index in [0.717, 1.165) is 12.2 Å². The lowest BCUT2D eigenvalue weighted by molar-refractivity contribution is 0.236. The molecular weight excluding hydrogens is 234 g/mol.